The number of piperidine rings is 1. The number of nitrogens with one attached hydrogen (secondary N) is 1. The van der Waals surface area contributed by atoms with Crippen LogP contribution in [0.4, 0.5) is 5.82 Å². The van der Waals surface area contributed by atoms with E-state index in [1.54, 1.807) is 0 Å². The van der Waals surface area contributed by atoms with Crippen molar-refractivity contribution in [3.05, 3.63) is 18.2 Å². The fraction of sp³-hybridized carbons (Fsp3) is 0.680. The molecular formula is C25H37N3O5. The van der Waals surface area contributed by atoms with Crippen LogP contribution < -0.4 is 10.1 Å². The number of carbonyl (C=O) groups is 1. The number of hydrogen-bond acceptors (Lipinski definition) is 8. The normalized spacial score (nSPS) is 22.5. The van der Waals surface area contributed by atoms with E-state index in [9.17, 15) is 4.79 Å². The Kier molecular flexibility index (Phi) is 8.09. The minimum absolute atomic E-state index is 0.0258. The van der Waals surface area contributed by atoms with Crippen LogP contribution in [0.5, 0.6) is 5.75 Å². The summed E-state index contributed by atoms with van der Waals surface area (Å²) in [6.07, 6.45) is 3.75. The van der Waals surface area contributed by atoms with Crippen molar-refractivity contribution in [1.29, 1.82) is 0 Å². The van der Waals surface area contributed by atoms with Crippen LogP contribution in [0, 0.1) is 17.8 Å². The number of aromatic nitrogens is 1. The van der Waals surface area contributed by atoms with E-state index in [1.807, 2.05) is 25.1 Å². The van der Waals surface area contributed by atoms with Crippen molar-refractivity contribution in [2.75, 3.05) is 44.9 Å². The molecule has 2 aromatic rings. The minimum Gasteiger partial charge on any atom is -0.492 e. The number of ether oxygens (including phenoxy) is 3. The Morgan fingerprint density at radius 3 is 2.85 bits per heavy atom. The highest BCUT2D eigenvalue weighted by atomic mass is 16.5. The molecule has 8 heteroatoms. The zero-order valence-electron chi connectivity index (χ0n) is 20.0. The largest absolute Gasteiger partial charge is 0.492 e. The van der Waals surface area contributed by atoms with Crippen molar-refractivity contribution in [3.8, 4) is 5.75 Å². The second kappa shape index (κ2) is 11.2. The van der Waals surface area contributed by atoms with E-state index >= 15 is 0 Å². The molecule has 182 valence electrons. The van der Waals surface area contributed by atoms with E-state index < -0.39 is 0 Å². The first-order chi connectivity index (χ1) is 16.0. The molecule has 0 saturated carbocycles. The van der Waals surface area contributed by atoms with E-state index in [-0.39, 0.29) is 18.0 Å². The van der Waals surface area contributed by atoms with Crippen LogP contribution in [0.2, 0.25) is 0 Å². The lowest BCUT2D eigenvalue weighted by atomic mass is 9.96. The fourth-order valence-electron chi connectivity index (χ4n) is 4.50. The van der Waals surface area contributed by atoms with Crippen LogP contribution in [0.1, 0.15) is 46.5 Å². The molecule has 0 amide bonds. The Balaban J connectivity index is 1.22. The number of hydrogen-bond donors (Lipinski definition) is 1. The predicted octanol–water partition coefficient (Wildman–Crippen LogP) is 4.30. The van der Waals surface area contributed by atoms with Crippen LogP contribution in [0.3, 0.4) is 0 Å². The number of nitrogens with zero attached hydrogens (tertiary/aromatic N) is 2. The summed E-state index contributed by atoms with van der Waals surface area (Å²) in [5.41, 5.74) is 0.731. The van der Waals surface area contributed by atoms with Gasteiger partial charge in [0.15, 0.2) is 11.4 Å². The third kappa shape index (κ3) is 6.38. The smallest absolute Gasteiger partial charge is 0.310 e. The van der Waals surface area contributed by atoms with Gasteiger partial charge in [0.1, 0.15) is 17.9 Å². The summed E-state index contributed by atoms with van der Waals surface area (Å²) in [6.45, 7) is 10.6. The molecule has 2 atom stereocenters. The van der Waals surface area contributed by atoms with Crippen LogP contribution >= 0.6 is 0 Å². The quantitative estimate of drug-likeness (QED) is 0.556. The number of benzene rings is 1. The number of likely N-dealkylation sites (tertiary alicyclic amines) is 1. The molecule has 2 fully saturated rings. The van der Waals surface area contributed by atoms with Crippen molar-refractivity contribution in [3.63, 3.8) is 0 Å². The number of anilines is 1. The van der Waals surface area contributed by atoms with E-state index in [4.69, 9.17) is 18.7 Å². The molecule has 0 radical (unpaired) electrons. The van der Waals surface area contributed by atoms with Crippen molar-refractivity contribution < 1.29 is 23.5 Å². The maximum absolute atomic E-state index is 12.4. The van der Waals surface area contributed by atoms with Gasteiger partial charge in [-0.05, 0) is 56.6 Å². The van der Waals surface area contributed by atoms with Gasteiger partial charge in [-0.3, -0.25) is 9.69 Å². The maximum Gasteiger partial charge on any atom is 0.310 e. The van der Waals surface area contributed by atoms with E-state index in [2.05, 4.69) is 29.2 Å². The predicted molar refractivity (Wildman–Crippen MR) is 126 cm³/mol. The summed E-state index contributed by atoms with van der Waals surface area (Å²) in [5, 5.41) is 8.62. The summed E-state index contributed by atoms with van der Waals surface area (Å²) in [7, 11) is 0. The number of rotatable bonds is 9. The first-order valence-electron chi connectivity index (χ1n) is 12.2. The second-order valence-corrected chi connectivity index (χ2v) is 9.80. The van der Waals surface area contributed by atoms with Gasteiger partial charge in [-0.2, -0.15) is 0 Å². The van der Waals surface area contributed by atoms with E-state index in [0.29, 0.717) is 31.8 Å². The molecule has 2 unspecified atom stereocenters. The average molecular weight is 460 g/mol. The number of esters is 1. The van der Waals surface area contributed by atoms with Crippen LogP contribution in [-0.2, 0) is 14.3 Å². The van der Waals surface area contributed by atoms with Crippen molar-refractivity contribution in [1.82, 2.24) is 10.1 Å². The van der Waals surface area contributed by atoms with Gasteiger partial charge in [0.25, 0.3) is 0 Å². The summed E-state index contributed by atoms with van der Waals surface area (Å²) >= 11 is 0. The lowest BCUT2D eigenvalue weighted by molar-refractivity contribution is -0.158. The van der Waals surface area contributed by atoms with Gasteiger partial charge in [-0.15, -0.1) is 0 Å². The van der Waals surface area contributed by atoms with Crippen molar-refractivity contribution in [2.24, 2.45) is 17.8 Å². The molecule has 0 spiro atoms. The molecule has 8 nitrogen and oxygen atoms in total. The Bertz CT molecular complexity index is 907. The third-order valence-electron chi connectivity index (χ3n) is 6.51. The molecule has 1 N–H and O–H groups in total. The molecule has 4 rings (SSSR count). The van der Waals surface area contributed by atoms with Crippen LogP contribution in [-0.4, -0.2) is 61.7 Å². The topological polar surface area (TPSA) is 86.1 Å². The van der Waals surface area contributed by atoms with Gasteiger partial charge in [0, 0.05) is 26.2 Å². The first-order valence-corrected chi connectivity index (χ1v) is 12.2. The minimum atomic E-state index is -0.0812. The highest BCUT2D eigenvalue weighted by molar-refractivity contribution is 5.93. The number of fused-ring (bicyclic) bond motifs is 1. The Morgan fingerprint density at radius 1 is 1.27 bits per heavy atom. The highest BCUT2D eigenvalue weighted by Crippen LogP contribution is 2.33. The fourth-order valence-corrected chi connectivity index (χ4v) is 4.50. The zero-order chi connectivity index (χ0) is 23.2. The molecule has 33 heavy (non-hydrogen) atoms. The molecular weight excluding hydrogens is 422 g/mol. The molecule has 1 aromatic heterocycles. The van der Waals surface area contributed by atoms with Gasteiger partial charge in [0.05, 0.1) is 18.6 Å². The van der Waals surface area contributed by atoms with Gasteiger partial charge in [0.2, 0.25) is 0 Å². The Hall–Kier alpha value is -2.32. The standard InChI is InChI=1S/C25H37N3O5/c1-17(2)15-31-21-5-4-6-22-23(21)24(27-33-22)26-14-19-7-10-28(11-8-19)16-32-25(29)20-9-12-30-18(3)13-20/h4-6,17-20H,7-16H2,1-3H3,(H,26,27). The lowest BCUT2D eigenvalue weighted by Crippen LogP contribution is -2.39. The molecule has 0 aliphatic carbocycles. The van der Waals surface area contributed by atoms with Gasteiger partial charge >= 0.3 is 5.97 Å². The Labute approximate surface area is 195 Å². The van der Waals surface area contributed by atoms with E-state index in [0.717, 1.165) is 67.9 Å². The van der Waals surface area contributed by atoms with Gasteiger partial charge in [-0.25, -0.2) is 0 Å². The third-order valence-corrected chi connectivity index (χ3v) is 6.51. The van der Waals surface area contributed by atoms with Gasteiger partial charge in [-0.1, -0.05) is 25.1 Å². The zero-order valence-corrected chi connectivity index (χ0v) is 20.0. The van der Waals surface area contributed by atoms with Crippen molar-refractivity contribution in [2.45, 2.75) is 52.6 Å². The molecule has 0 bridgehead atoms. The van der Waals surface area contributed by atoms with E-state index in [1.165, 1.54) is 0 Å². The second-order valence-electron chi connectivity index (χ2n) is 9.80. The van der Waals surface area contributed by atoms with Gasteiger partial charge < -0.3 is 24.1 Å². The summed E-state index contributed by atoms with van der Waals surface area (Å²) in [5.74, 6) is 2.42. The Morgan fingerprint density at radius 2 is 2.09 bits per heavy atom. The molecule has 1 aromatic carbocycles. The molecule has 2 saturated heterocycles. The van der Waals surface area contributed by atoms with Crippen LogP contribution in [0.15, 0.2) is 22.7 Å². The average Bonchev–Trinajstić information content (AvgIpc) is 3.24. The number of carbonyl (C=O) groups excluding carboxylic acids is 1. The summed E-state index contributed by atoms with van der Waals surface area (Å²) < 4.78 is 22.6. The lowest BCUT2D eigenvalue weighted by Gasteiger charge is -2.32. The van der Waals surface area contributed by atoms with Crippen LogP contribution in [0.25, 0.3) is 11.0 Å². The highest BCUT2D eigenvalue weighted by Gasteiger charge is 2.28. The monoisotopic (exact) mass is 459 g/mol. The summed E-state index contributed by atoms with van der Waals surface area (Å²) in [6, 6.07) is 5.81. The van der Waals surface area contributed by atoms with Crippen molar-refractivity contribution >= 4 is 22.8 Å². The summed E-state index contributed by atoms with van der Waals surface area (Å²) in [4.78, 5) is 14.6. The first kappa shape index (κ1) is 23.8. The SMILES string of the molecule is CC(C)COc1cccc2onc(NCC3CCN(COC(=O)C4CCOC(C)C4)CC3)c12. The maximum atomic E-state index is 12.4. The molecule has 2 aliphatic heterocycles. The molecule has 2 aliphatic rings. The molecule has 3 heterocycles.